The number of nitriles is 1. The van der Waals surface area contributed by atoms with Gasteiger partial charge in [0.15, 0.2) is 10.3 Å². The minimum atomic E-state index is 0.467. The van der Waals surface area contributed by atoms with Crippen LogP contribution in [0.4, 0.5) is 0 Å². The maximum Gasteiger partial charge on any atom is 0.208 e. The number of aryl methyl sites for hydroxylation is 2. The SMILES string of the molecule is CSC(=N)NCc1c(C)cc(C)c(CN/C(=N/C#N)SC)c1C. The molecule has 0 saturated heterocycles. The van der Waals surface area contributed by atoms with Gasteiger partial charge in [-0.05, 0) is 61.1 Å². The highest BCUT2D eigenvalue weighted by Gasteiger charge is 2.12. The van der Waals surface area contributed by atoms with Crippen molar-refractivity contribution in [3.63, 3.8) is 0 Å². The van der Waals surface area contributed by atoms with Crippen LogP contribution in [0, 0.1) is 37.6 Å². The highest BCUT2D eigenvalue weighted by atomic mass is 32.2. The van der Waals surface area contributed by atoms with E-state index in [1.165, 1.54) is 51.3 Å². The first-order valence-corrected chi connectivity index (χ1v) is 9.59. The highest BCUT2D eigenvalue weighted by Crippen LogP contribution is 2.22. The topological polar surface area (TPSA) is 84.1 Å². The minimum absolute atomic E-state index is 0.467. The molecule has 3 N–H and O–H groups in total. The van der Waals surface area contributed by atoms with E-state index in [1.807, 2.05) is 18.7 Å². The van der Waals surface area contributed by atoms with Gasteiger partial charge < -0.3 is 10.6 Å². The van der Waals surface area contributed by atoms with Crippen LogP contribution in [0.5, 0.6) is 0 Å². The lowest BCUT2D eigenvalue weighted by molar-refractivity contribution is 0.863. The van der Waals surface area contributed by atoms with Crippen molar-refractivity contribution in [2.45, 2.75) is 33.9 Å². The van der Waals surface area contributed by atoms with Gasteiger partial charge >= 0.3 is 0 Å². The molecule has 0 aliphatic rings. The van der Waals surface area contributed by atoms with E-state index >= 15 is 0 Å². The van der Waals surface area contributed by atoms with E-state index in [9.17, 15) is 0 Å². The Hall–Kier alpha value is -1.65. The molecule has 0 saturated carbocycles. The van der Waals surface area contributed by atoms with Crippen molar-refractivity contribution in [2.24, 2.45) is 4.99 Å². The Morgan fingerprint density at radius 1 is 1.13 bits per heavy atom. The lowest BCUT2D eigenvalue weighted by atomic mass is 9.93. The molecule has 0 atom stereocenters. The maximum absolute atomic E-state index is 8.68. The summed E-state index contributed by atoms with van der Waals surface area (Å²) in [6, 6.07) is 2.17. The number of hydrogen-bond donors (Lipinski definition) is 3. The number of nitrogens with one attached hydrogen (secondary N) is 3. The van der Waals surface area contributed by atoms with E-state index in [0.717, 1.165) is 0 Å². The fourth-order valence-corrected chi connectivity index (χ4v) is 2.99. The summed E-state index contributed by atoms with van der Waals surface area (Å²) < 4.78 is 0. The third-order valence-corrected chi connectivity index (χ3v) is 4.86. The van der Waals surface area contributed by atoms with Crippen LogP contribution in [0.3, 0.4) is 0 Å². The van der Waals surface area contributed by atoms with Crippen LogP contribution >= 0.6 is 23.5 Å². The molecule has 0 unspecified atom stereocenters. The zero-order valence-corrected chi connectivity index (χ0v) is 15.8. The number of rotatable bonds is 4. The van der Waals surface area contributed by atoms with Gasteiger partial charge in [0.1, 0.15) is 0 Å². The number of aliphatic imine (C=N–C) groups is 1. The molecule has 0 amide bonds. The third-order valence-electron chi connectivity index (χ3n) is 3.68. The van der Waals surface area contributed by atoms with E-state index in [0.29, 0.717) is 23.4 Å². The van der Waals surface area contributed by atoms with Crippen LogP contribution in [0.15, 0.2) is 11.1 Å². The number of amidine groups is 2. The van der Waals surface area contributed by atoms with E-state index in [2.05, 4.69) is 42.5 Å². The van der Waals surface area contributed by atoms with Crippen molar-refractivity contribution >= 4 is 33.9 Å². The van der Waals surface area contributed by atoms with Crippen molar-refractivity contribution in [3.05, 3.63) is 33.9 Å². The zero-order valence-electron chi connectivity index (χ0n) is 14.2. The normalized spacial score (nSPS) is 11.0. The van der Waals surface area contributed by atoms with Crippen molar-refractivity contribution in [1.29, 1.82) is 10.7 Å². The van der Waals surface area contributed by atoms with Crippen LogP contribution in [0.1, 0.15) is 27.8 Å². The summed E-state index contributed by atoms with van der Waals surface area (Å²) in [4.78, 5) is 3.76. The summed E-state index contributed by atoms with van der Waals surface area (Å²) in [6.07, 6.45) is 5.59. The van der Waals surface area contributed by atoms with Crippen molar-refractivity contribution in [3.8, 4) is 6.19 Å². The minimum Gasteiger partial charge on any atom is -0.361 e. The van der Waals surface area contributed by atoms with Gasteiger partial charge in [-0.25, -0.2) is 0 Å². The molecule has 0 aliphatic heterocycles. The Morgan fingerprint density at radius 3 is 2.17 bits per heavy atom. The second-order valence-electron chi connectivity index (χ2n) is 5.05. The number of thioether (sulfide) groups is 2. The van der Waals surface area contributed by atoms with Gasteiger partial charge in [-0.2, -0.15) is 5.26 Å². The summed E-state index contributed by atoms with van der Waals surface area (Å²) in [5, 5.41) is 23.8. The fourth-order valence-electron chi connectivity index (χ4n) is 2.42. The molecule has 1 aromatic rings. The average molecular weight is 350 g/mol. The summed E-state index contributed by atoms with van der Waals surface area (Å²) in [5.74, 6) is 0. The van der Waals surface area contributed by atoms with Crippen molar-refractivity contribution in [2.75, 3.05) is 12.5 Å². The van der Waals surface area contributed by atoms with E-state index in [1.54, 1.807) is 0 Å². The predicted molar refractivity (Wildman–Crippen MR) is 102 cm³/mol. The van der Waals surface area contributed by atoms with Gasteiger partial charge in [-0.15, -0.1) is 4.99 Å². The van der Waals surface area contributed by atoms with Crippen molar-refractivity contribution < 1.29 is 0 Å². The highest BCUT2D eigenvalue weighted by molar-refractivity contribution is 8.13. The molecule has 124 valence electrons. The molecule has 0 aliphatic carbocycles. The van der Waals surface area contributed by atoms with Crippen LogP contribution in [0.25, 0.3) is 0 Å². The molecule has 5 nitrogen and oxygen atoms in total. The van der Waals surface area contributed by atoms with Gasteiger partial charge in [-0.1, -0.05) is 29.6 Å². The quantitative estimate of drug-likeness (QED) is 0.441. The summed E-state index contributed by atoms with van der Waals surface area (Å²) in [6.45, 7) is 7.58. The lowest BCUT2D eigenvalue weighted by Crippen LogP contribution is -2.23. The number of hydrogen-bond acceptors (Lipinski definition) is 5. The Labute approximate surface area is 146 Å². The summed E-state index contributed by atoms with van der Waals surface area (Å²) in [7, 11) is 0. The smallest absolute Gasteiger partial charge is 0.208 e. The van der Waals surface area contributed by atoms with E-state index in [-0.39, 0.29) is 0 Å². The molecular formula is C16H23N5S2. The second-order valence-corrected chi connectivity index (χ2v) is 6.67. The second kappa shape index (κ2) is 9.48. The fraction of sp³-hybridized carbons (Fsp3) is 0.438. The first-order valence-electron chi connectivity index (χ1n) is 7.14. The largest absolute Gasteiger partial charge is 0.361 e. The van der Waals surface area contributed by atoms with Crippen LogP contribution in [-0.2, 0) is 13.1 Å². The molecule has 0 fully saturated rings. The average Bonchev–Trinajstić information content (AvgIpc) is 2.52. The first kappa shape index (κ1) is 19.4. The monoisotopic (exact) mass is 349 g/mol. The molecule has 1 rings (SSSR count). The van der Waals surface area contributed by atoms with E-state index < -0.39 is 0 Å². The molecule has 0 aromatic heterocycles. The van der Waals surface area contributed by atoms with Crippen LogP contribution < -0.4 is 10.6 Å². The van der Waals surface area contributed by atoms with Gasteiger partial charge in [0.25, 0.3) is 0 Å². The van der Waals surface area contributed by atoms with Gasteiger partial charge in [0.05, 0.1) is 0 Å². The molecule has 7 heteroatoms. The maximum atomic E-state index is 8.68. The molecule has 0 radical (unpaired) electrons. The Morgan fingerprint density at radius 2 is 1.70 bits per heavy atom. The number of nitrogens with zero attached hydrogens (tertiary/aromatic N) is 2. The molecule has 0 heterocycles. The standard InChI is InChI=1S/C16H23N5S2/c1-10-6-11(2)14(8-20-16(23-5)21-9-17)12(3)13(10)7-19-15(18)22-4/h6H,7-8H2,1-5H3,(H2,18,19)(H,20,21). The summed E-state index contributed by atoms with van der Waals surface area (Å²) in [5.41, 5.74) is 6.08. The Kier molecular flexibility index (Phi) is 8.00. The molecule has 1 aromatic carbocycles. The molecule has 0 bridgehead atoms. The molecule has 0 spiro atoms. The Bertz CT molecular complexity index is 647. The van der Waals surface area contributed by atoms with E-state index in [4.69, 9.17) is 10.7 Å². The van der Waals surface area contributed by atoms with Crippen LogP contribution in [0.2, 0.25) is 0 Å². The predicted octanol–water partition coefficient (Wildman–Crippen LogP) is 3.29. The summed E-state index contributed by atoms with van der Waals surface area (Å²) >= 11 is 2.82. The number of benzene rings is 1. The lowest BCUT2D eigenvalue weighted by Gasteiger charge is -2.19. The van der Waals surface area contributed by atoms with Crippen molar-refractivity contribution in [1.82, 2.24) is 10.6 Å². The van der Waals surface area contributed by atoms with Crippen LogP contribution in [-0.4, -0.2) is 22.8 Å². The van der Waals surface area contributed by atoms with Gasteiger partial charge in [0, 0.05) is 13.1 Å². The van der Waals surface area contributed by atoms with Gasteiger partial charge in [-0.3, -0.25) is 5.41 Å². The Balaban J connectivity index is 3.02. The molecular weight excluding hydrogens is 326 g/mol. The zero-order chi connectivity index (χ0) is 17.4. The third kappa shape index (κ3) is 5.48. The molecule has 23 heavy (non-hydrogen) atoms. The first-order chi connectivity index (χ1) is 10.9. The van der Waals surface area contributed by atoms with Gasteiger partial charge in [0.2, 0.25) is 6.19 Å².